The van der Waals surface area contributed by atoms with Crippen molar-refractivity contribution in [2.24, 2.45) is 5.73 Å². The molecule has 0 fully saturated rings. The standard InChI is InChI=1S/C7H8N4S/c8-2-5-1-4-3-10-11-7(9)6(4)12-5/h1,3H,2,8H2,(H2,9,11). The van der Waals surface area contributed by atoms with Crippen molar-refractivity contribution in [3.05, 3.63) is 17.1 Å². The second-order valence-corrected chi connectivity index (χ2v) is 3.57. The summed E-state index contributed by atoms with van der Waals surface area (Å²) in [6.45, 7) is 0.540. The topological polar surface area (TPSA) is 77.8 Å². The highest BCUT2D eigenvalue weighted by atomic mass is 32.1. The molecular formula is C7H8N4S. The predicted octanol–water partition coefficient (Wildman–Crippen LogP) is 0.732. The molecule has 0 saturated heterocycles. The third-order valence-corrected chi connectivity index (χ3v) is 2.80. The summed E-state index contributed by atoms with van der Waals surface area (Å²) in [5, 5.41) is 8.52. The van der Waals surface area contributed by atoms with Crippen LogP contribution in [-0.4, -0.2) is 10.2 Å². The van der Waals surface area contributed by atoms with Gasteiger partial charge in [-0.05, 0) is 6.07 Å². The summed E-state index contributed by atoms with van der Waals surface area (Å²) < 4.78 is 0.977. The molecule has 4 nitrogen and oxygen atoms in total. The zero-order valence-electron chi connectivity index (χ0n) is 6.32. The largest absolute Gasteiger partial charge is 0.381 e. The summed E-state index contributed by atoms with van der Waals surface area (Å²) in [5.41, 5.74) is 11.1. The maximum Gasteiger partial charge on any atom is 0.164 e. The molecule has 0 aromatic carbocycles. The summed E-state index contributed by atoms with van der Waals surface area (Å²) in [7, 11) is 0. The molecule has 2 rings (SSSR count). The van der Waals surface area contributed by atoms with Crippen LogP contribution in [0.3, 0.4) is 0 Å². The van der Waals surface area contributed by atoms with E-state index in [-0.39, 0.29) is 0 Å². The number of hydrogen-bond acceptors (Lipinski definition) is 5. The van der Waals surface area contributed by atoms with E-state index in [9.17, 15) is 0 Å². The van der Waals surface area contributed by atoms with E-state index in [1.807, 2.05) is 6.07 Å². The molecule has 0 aliphatic heterocycles. The van der Waals surface area contributed by atoms with Crippen LogP contribution in [0.15, 0.2) is 12.3 Å². The van der Waals surface area contributed by atoms with Crippen molar-refractivity contribution in [3.8, 4) is 0 Å². The molecule has 0 spiro atoms. The molecular weight excluding hydrogens is 172 g/mol. The van der Waals surface area contributed by atoms with E-state index in [1.54, 1.807) is 17.5 Å². The van der Waals surface area contributed by atoms with Crippen molar-refractivity contribution in [1.82, 2.24) is 10.2 Å². The second-order valence-electron chi connectivity index (χ2n) is 2.43. The van der Waals surface area contributed by atoms with Crippen molar-refractivity contribution in [2.45, 2.75) is 6.54 Å². The van der Waals surface area contributed by atoms with Crippen molar-refractivity contribution < 1.29 is 0 Å². The third-order valence-electron chi connectivity index (χ3n) is 1.61. The van der Waals surface area contributed by atoms with Gasteiger partial charge in [-0.15, -0.1) is 16.4 Å². The first-order valence-corrected chi connectivity index (χ1v) is 4.32. The molecule has 2 heterocycles. The molecule has 2 aromatic heterocycles. The number of anilines is 1. The minimum Gasteiger partial charge on any atom is -0.381 e. The maximum absolute atomic E-state index is 5.62. The monoisotopic (exact) mass is 180 g/mol. The number of aromatic nitrogens is 2. The summed E-state index contributed by atoms with van der Waals surface area (Å²) in [6, 6.07) is 1.99. The Balaban J connectivity index is 2.74. The quantitative estimate of drug-likeness (QED) is 0.678. The van der Waals surface area contributed by atoms with Gasteiger partial charge in [0.15, 0.2) is 5.82 Å². The summed E-state index contributed by atoms with van der Waals surface area (Å²) in [4.78, 5) is 1.10. The first kappa shape index (κ1) is 7.45. The molecule has 0 amide bonds. The normalized spacial score (nSPS) is 10.8. The molecule has 0 unspecified atom stereocenters. The fourth-order valence-corrected chi connectivity index (χ4v) is 1.96. The minimum absolute atomic E-state index is 0.484. The van der Waals surface area contributed by atoms with Crippen LogP contribution in [0.5, 0.6) is 0 Å². The van der Waals surface area contributed by atoms with Crippen LogP contribution in [0.2, 0.25) is 0 Å². The Bertz CT molecular complexity index is 409. The predicted molar refractivity (Wildman–Crippen MR) is 49.7 cm³/mol. The van der Waals surface area contributed by atoms with Gasteiger partial charge in [-0.1, -0.05) is 0 Å². The number of hydrogen-bond donors (Lipinski definition) is 2. The van der Waals surface area contributed by atoms with Gasteiger partial charge in [0.25, 0.3) is 0 Å². The average molecular weight is 180 g/mol. The summed E-state index contributed by atoms with van der Waals surface area (Å²) in [5.74, 6) is 0.484. The van der Waals surface area contributed by atoms with Gasteiger partial charge in [0.2, 0.25) is 0 Å². The van der Waals surface area contributed by atoms with Crippen molar-refractivity contribution >= 4 is 27.2 Å². The fraction of sp³-hybridized carbons (Fsp3) is 0.143. The van der Waals surface area contributed by atoms with E-state index in [2.05, 4.69) is 10.2 Å². The number of thiophene rings is 1. The minimum atomic E-state index is 0.484. The van der Waals surface area contributed by atoms with Gasteiger partial charge in [0.05, 0.1) is 10.9 Å². The lowest BCUT2D eigenvalue weighted by Gasteiger charge is -1.89. The van der Waals surface area contributed by atoms with E-state index in [1.165, 1.54) is 0 Å². The summed E-state index contributed by atoms with van der Waals surface area (Å²) >= 11 is 1.57. The van der Waals surface area contributed by atoms with Crippen molar-refractivity contribution in [3.63, 3.8) is 0 Å². The molecule has 12 heavy (non-hydrogen) atoms. The smallest absolute Gasteiger partial charge is 0.164 e. The van der Waals surface area contributed by atoms with E-state index in [0.717, 1.165) is 15.0 Å². The first-order valence-electron chi connectivity index (χ1n) is 3.51. The fourth-order valence-electron chi connectivity index (χ4n) is 1.05. The number of nitrogen functional groups attached to an aromatic ring is 1. The van der Waals surface area contributed by atoms with E-state index in [0.29, 0.717) is 12.4 Å². The van der Waals surface area contributed by atoms with Crippen molar-refractivity contribution in [2.75, 3.05) is 5.73 Å². The van der Waals surface area contributed by atoms with Crippen LogP contribution < -0.4 is 11.5 Å². The molecule has 0 saturated carbocycles. The van der Waals surface area contributed by atoms with E-state index in [4.69, 9.17) is 11.5 Å². The van der Waals surface area contributed by atoms with Gasteiger partial charge in [0.1, 0.15) is 0 Å². The van der Waals surface area contributed by atoms with Gasteiger partial charge in [-0.25, -0.2) is 0 Å². The van der Waals surface area contributed by atoms with E-state index < -0.39 is 0 Å². The first-order chi connectivity index (χ1) is 5.81. The number of fused-ring (bicyclic) bond motifs is 1. The van der Waals surface area contributed by atoms with Crippen LogP contribution in [-0.2, 0) is 6.54 Å². The van der Waals surface area contributed by atoms with Gasteiger partial charge < -0.3 is 11.5 Å². The SMILES string of the molecule is NCc1cc2cnnc(N)c2s1. The van der Waals surface area contributed by atoms with E-state index >= 15 is 0 Å². The van der Waals surface area contributed by atoms with Crippen molar-refractivity contribution in [1.29, 1.82) is 0 Å². The van der Waals surface area contributed by atoms with Crippen LogP contribution >= 0.6 is 11.3 Å². The molecule has 0 aliphatic carbocycles. The Morgan fingerprint density at radius 3 is 3.00 bits per heavy atom. The van der Waals surface area contributed by atoms with Gasteiger partial charge >= 0.3 is 0 Å². The Hall–Kier alpha value is -1.20. The highest BCUT2D eigenvalue weighted by Gasteiger charge is 2.03. The molecule has 2 aromatic rings. The van der Waals surface area contributed by atoms with Gasteiger partial charge in [0, 0.05) is 16.8 Å². The Morgan fingerprint density at radius 1 is 1.50 bits per heavy atom. The lowest BCUT2D eigenvalue weighted by Crippen LogP contribution is -1.91. The molecule has 0 aliphatic rings. The number of nitrogens with zero attached hydrogens (tertiary/aromatic N) is 2. The molecule has 62 valence electrons. The Kier molecular flexibility index (Phi) is 1.67. The molecule has 4 N–H and O–H groups in total. The van der Waals surface area contributed by atoms with Crippen LogP contribution in [0, 0.1) is 0 Å². The molecule has 0 bridgehead atoms. The summed E-state index contributed by atoms with van der Waals surface area (Å²) in [6.07, 6.45) is 1.70. The zero-order chi connectivity index (χ0) is 8.55. The molecule has 0 radical (unpaired) electrons. The average Bonchev–Trinajstić information content (AvgIpc) is 2.49. The zero-order valence-corrected chi connectivity index (χ0v) is 7.14. The number of nitrogens with two attached hydrogens (primary N) is 2. The van der Waals surface area contributed by atoms with Crippen LogP contribution in [0.1, 0.15) is 4.88 Å². The second kappa shape index (κ2) is 2.69. The molecule has 0 atom stereocenters. The van der Waals surface area contributed by atoms with Gasteiger partial charge in [-0.3, -0.25) is 0 Å². The number of rotatable bonds is 1. The Morgan fingerprint density at radius 2 is 2.33 bits per heavy atom. The Labute approximate surface area is 73.2 Å². The lowest BCUT2D eigenvalue weighted by atomic mass is 10.3. The maximum atomic E-state index is 5.62. The lowest BCUT2D eigenvalue weighted by molar-refractivity contribution is 1.06. The molecule has 5 heteroatoms. The highest BCUT2D eigenvalue weighted by Crippen LogP contribution is 2.27. The van der Waals surface area contributed by atoms with Crippen LogP contribution in [0.25, 0.3) is 10.1 Å². The van der Waals surface area contributed by atoms with Crippen LogP contribution in [0.4, 0.5) is 5.82 Å². The third kappa shape index (κ3) is 1.03. The van der Waals surface area contributed by atoms with Gasteiger partial charge in [-0.2, -0.15) is 5.10 Å². The highest BCUT2D eigenvalue weighted by molar-refractivity contribution is 7.19.